The van der Waals surface area contributed by atoms with Gasteiger partial charge in [0.05, 0.1) is 15.7 Å². The van der Waals surface area contributed by atoms with Crippen molar-refractivity contribution < 1.29 is 0 Å². The first-order valence-electron chi connectivity index (χ1n) is 5.67. The van der Waals surface area contributed by atoms with Gasteiger partial charge in [-0.05, 0) is 39.5 Å². The summed E-state index contributed by atoms with van der Waals surface area (Å²) in [6, 6.07) is 6.21. The molecule has 0 spiro atoms. The first-order chi connectivity index (χ1) is 9.26. The van der Waals surface area contributed by atoms with E-state index in [1.54, 1.807) is 22.7 Å². The van der Waals surface area contributed by atoms with Gasteiger partial charge >= 0.3 is 0 Å². The molecule has 3 aromatic rings. The normalized spacial score (nSPS) is 10.8. The van der Waals surface area contributed by atoms with E-state index in [1.807, 2.05) is 18.5 Å². The van der Waals surface area contributed by atoms with E-state index in [0.717, 1.165) is 26.4 Å². The maximum Gasteiger partial charge on any atom is 0.225 e. The highest BCUT2D eigenvalue weighted by Gasteiger charge is 2.08. The Morgan fingerprint density at radius 1 is 1.26 bits per heavy atom. The Hall–Kier alpha value is -1.18. The van der Waals surface area contributed by atoms with Crippen LogP contribution in [0.15, 0.2) is 27.4 Å². The van der Waals surface area contributed by atoms with Crippen LogP contribution in [0, 0.1) is 0 Å². The van der Waals surface area contributed by atoms with Gasteiger partial charge in [0.1, 0.15) is 10.6 Å². The van der Waals surface area contributed by atoms with Crippen molar-refractivity contribution in [3.63, 3.8) is 0 Å². The van der Waals surface area contributed by atoms with Gasteiger partial charge in [-0.15, -0.1) is 22.7 Å². The maximum absolute atomic E-state index is 4.48. The fourth-order valence-electron chi connectivity index (χ4n) is 1.72. The Kier molecular flexibility index (Phi) is 3.67. The van der Waals surface area contributed by atoms with Crippen molar-refractivity contribution in [1.82, 2.24) is 9.97 Å². The van der Waals surface area contributed by atoms with Gasteiger partial charge in [-0.3, -0.25) is 0 Å². The average Bonchev–Trinajstić information content (AvgIpc) is 3.04. The second-order valence-corrected chi connectivity index (χ2v) is 7.29. The third-order valence-corrected chi connectivity index (χ3v) is 5.04. The predicted octanol–water partition coefficient (Wildman–Crippen LogP) is 4.17. The van der Waals surface area contributed by atoms with E-state index in [2.05, 4.69) is 48.7 Å². The number of nitrogens with zero attached hydrogens (tertiary/aromatic N) is 2. The highest BCUT2D eigenvalue weighted by atomic mass is 79.9. The Balaban J connectivity index is 1.88. The van der Waals surface area contributed by atoms with Crippen LogP contribution in [0.5, 0.6) is 0 Å². The van der Waals surface area contributed by atoms with Crippen LogP contribution in [-0.2, 0) is 6.54 Å². The molecule has 0 saturated carbocycles. The number of fused-ring (bicyclic) bond motifs is 1. The zero-order valence-electron chi connectivity index (χ0n) is 10.1. The van der Waals surface area contributed by atoms with E-state index in [9.17, 15) is 0 Å². The SMILES string of the molecule is CNc1nc(NCc2ccc(Br)s2)c2ccsc2n1. The Labute approximate surface area is 127 Å². The van der Waals surface area contributed by atoms with E-state index >= 15 is 0 Å². The van der Waals surface area contributed by atoms with Crippen molar-refractivity contribution in [2.45, 2.75) is 6.54 Å². The third-order valence-electron chi connectivity index (χ3n) is 2.61. The number of hydrogen-bond donors (Lipinski definition) is 2. The molecule has 98 valence electrons. The van der Waals surface area contributed by atoms with Crippen LogP contribution in [0.2, 0.25) is 0 Å². The summed E-state index contributed by atoms with van der Waals surface area (Å²) in [6.07, 6.45) is 0. The molecule has 0 aliphatic carbocycles. The molecule has 0 amide bonds. The third kappa shape index (κ3) is 2.72. The molecule has 0 aromatic carbocycles. The molecule has 7 heteroatoms. The zero-order chi connectivity index (χ0) is 13.2. The van der Waals surface area contributed by atoms with Crippen molar-refractivity contribution in [3.8, 4) is 0 Å². The van der Waals surface area contributed by atoms with E-state index in [-0.39, 0.29) is 0 Å². The number of aromatic nitrogens is 2. The van der Waals surface area contributed by atoms with Crippen LogP contribution in [0.25, 0.3) is 10.2 Å². The van der Waals surface area contributed by atoms with Gasteiger partial charge < -0.3 is 10.6 Å². The summed E-state index contributed by atoms with van der Waals surface area (Å²) < 4.78 is 1.14. The second-order valence-electron chi connectivity index (χ2n) is 3.84. The van der Waals surface area contributed by atoms with Crippen molar-refractivity contribution >= 4 is 60.6 Å². The van der Waals surface area contributed by atoms with Gasteiger partial charge in [-0.25, -0.2) is 4.98 Å². The summed E-state index contributed by atoms with van der Waals surface area (Å²) in [5, 5.41) is 9.48. The minimum absolute atomic E-state index is 0.643. The highest BCUT2D eigenvalue weighted by molar-refractivity contribution is 9.11. The molecule has 0 aliphatic rings. The van der Waals surface area contributed by atoms with Crippen molar-refractivity contribution in [3.05, 3.63) is 32.2 Å². The second kappa shape index (κ2) is 5.44. The van der Waals surface area contributed by atoms with Crippen LogP contribution < -0.4 is 10.6 Å². The molecule has 0 saturated heterocycles. The number of nitrogens with one attached hydrogen (secondary N) is 2. The van der Waals surface area contributed by atoms with Gasteiger partial charge in [0.2, 0.25) is 5.95 Å². The zero-order valence-corrected chi connectivity index (χ0v) is 13.3. The lowest BCUT2D eigenvalue weighted by atomic mass is 10.3. The smallest absolute Gasteiger partial charge is 0.225 e. The number of rotatable bonds is 4. The van der Waals surface area contributed by atoms with Gasteiger partial charge in [-0.2, -0.15) is 4.98 Å². The van der Waals surface area contributed by atoms with Crippen LogP contribution in [0.4, 0.5) is 11.8 Å². The Morgan fingerprint density at radius 2 is 2.16 bits per heavy atom. The van der Waals surface area contributed by atoms with Crippen LogP contribution in [-0.4, -0.2) is 17.0 Å². The largest absolute Gasteiger partial charge is 0.364 e. The molecule has 0 fully saturated rings. The molecule has 0 aliphatic heterocycles. The molecule has 2 N–H and O–H groups in total. The number of anilines is 2. The van der Waals surface area contributed by atoms with E-state index in [4.69, 9.17) is 0 Å². The highest BCUT2D eigenvalue weighted by Crippen LogP contribution is 2.28. The van der Waals surface area contributed by atoms with Gasteiger partial charge in [0, 0.05) is 11.9 Å². The summed E-state index contributed by atoms with van der Waals surface area (Å²) in [7, 11) is 1.83. The van der Waals surface area contributed by atoms with Crippen molar-refractivity contribution in [1.29, 1.82) is 0 Å². The van der Waals surface area contributed by atoms with Crippen LogP contribution in [0.1, 0.15) is 4.88 Å². The molecular weight excluding hydrogens is 344 g/mol. The number of thiophene rings is 2. The lowest BCUT2D eigenvalue weighted by Crippen LogP contribution is -2.03. The molecule has 0 bridgehead atoms. The Morgan fingerprint density at radius 3 is 2.89 bits per heavy atom. The molecule has 4 nitrogen and oxygen atoms in total. The standard InChI is InChI=1S/C12H11BrN4S2/c1-14-12-16-10(8-4-5-18-11(8)17-12)15-6-7-2-3-9(13)19-7/h2-5H,6H2,1H3,(H2,14,15,16,17). The van der Waals surface area contributed by atoms with E-state index < -0.39 is 0 Å². The summed E-state index contributed by atoms with van der Waals surface area (Å²) in [4.78, 5) is 11.2. The fraction of sp³-hybridized carbons (Fsp3) is 0.167. The van der Waals surface area contributed by atoms with Gasteiger partial charge in [0.25, 0.3) is 0 Å². The molecule has 0 unspecified atom stereocenters. The molecule has 3 aromatic heterocycles. The average molecular weight is 355 g/mol. The minimum Gasteiger partial charge on any atom is -0.364 e. The minimum atomic E-state index is 0.643. The van der Waals surface area contributed by atoms with E-state index in [1.165, 1.54) is 4.88 Å². The van der Waals surface area contributed by atoms with Gasteiger partial charge in [0.15, 0.2) is 0 Å². The fourth-order valence-corrected chi connectivity index (χ4v) is 3.91. The summed E-state index contributed by atoms with van der Waals surface area (Å²) >= 11 is 6.81. The summed E-state index contributed by atoms with van der Waals surface area (Å²) in [5.74, 6) is 1.52. The lowest BCUT2D eigenvalue weighted by Gasteiger charge is -2.07. The number of halogens is 1. The molecule has 3 rings (SSSR count). The van der Waals surface area contributed by atoms with E-state index in [0.29, 0.717) is 5.95 Å². The van der Waals surface area contributed by atoms with Crippen molar-refractivity contribution in [2.24, 2.45) is 0 Å². The predicted molar refractivity (Wildman–Crippen MR) is 86.3 cm³/mol. The van der Waals surface area contributed by atoms with Crippen LogP contribution in [0.3, 0.4) is 0 Å². The Bertz CT molecular complexity index is 707. The first kappa shape index (κ1) is 12.8. The monoisotopic (exact) mass is 354 g/mol. The van der Waals surface area contributed by atoms with Gasteiger partial charge in [-0.1, -0.05) is 0 Å². The molecule has 3 heterocycles. The topological polar surface area (TPSA) is 49.8 Å². The first-order valence-corrected chi connectivity index (χ1v) is 8.16. The molecule has 0 atom stereocenters. The summed E-state index contributed by atoms with van der Waals surface area (Å²) in [6.45, 7) is 0.765. The van der Waals surface area contributed by atoms with Crippen molar-refractivity contribution in [2.75, 3.05) is 17.7 Å². The maximum atomic E-state index is 4.48. The molecule has 0 radical (unpaired) electrons. The lowest BCUT2D eigenvalue weighted by molar-refractivity contribution is 1.12. The quantitative estimate of drug-likeness (QED) is 0.738. The molecular formula is C12H11BrN4S2. The molecule has 19 heavy (non-hydrogen) atoms. The number of hydrogen-bond acceptors (Lipinski definition) is 6. The summed E-state index contributed by atoms with van der Waals surface area (Å²) in [5.41, 5.74) is 0. The van der Waals surface area contributed by atoms with Crippen LogP contribution >= 0.6 is 38.6 Å².